The van der Waals surface area contributed by atoms with Crippen molar-refractivity contribution in [2.75, 3.05) is 11.1 Å². The van der Waals surface area contributed by atoms with Crippen molar-refractivity contribution in [1.29, 1.82) is 0 Å². The summed E-state index contributed by atoms with van der Waals surface area (Å²) in [4.78, 5) is 24.1. The van der Waals surface area contributed by atoms with Gasteiger partial charge in [-0.05, 0) is 17.9 Å². The van der Waals surface area contributed by atoms with Gasteiger partial charge in [0, 0.05) is 11.1 Å². The van der Waals surface area contributed by atoms with Gasteiger partial charge in [-0.2, -0.15) is 0 Å². The van der Waals surface area contributed by atoms with Crippen molar-refractivity contribution in [2.24, 2.45) is 0 Å². The van der Waals surface area contributed by atoms with Crippen molar-refractivity contribution in [3.05, 3.63) is 65.7 Å². The summed E-state index contributed by atoms with van der Waals surface area (Å²) < 4.78 is 0. The van der Waals surface area contributed by atoms with Crippen LogP contribution >= 0.6 is 11.8 Å². The maximum absolute atomic E-state index is 12.4. The maximum Gasteiger partial charge on any atom is 0.283 e. The lowest BCUT2D eigenvalue weighted by Gasteiger charge is -2.09. The summed E-state index contributed by atoms with van der Waals surface area (Å²) in [6, 6.07) is 16.1. The Balaban J connectivity index is 2.28. The van der Waals surface area contributed by atoms with Gasteiger partial charge in [0.2, 0.25) is 0 Å². The third kappa shape index (κ3) is 3.48. The highest BCUT2D eigenvalue weighted by atomic mass is 32.2. The van der Waals surface area contributed by atoms with Crippen LogP contribution in [0.4, 0.5) is 10.5 Å². The Kier molecular flexibility index (Phi) is 4.96. The number of thioether (sulfide) groups is 1. The second-order valence-corrected chi connectivity index (χ2v) is 5.32. The van der Waals surface area contributed by atoms with Crippen LogP contribution in [0.2, 0.25) is 0 Å². The van der Waals surface area contributed by atoms with E-state index in [0.717, 1.165) is 0 Å². The summed E-state index contributed by atoms with van der Waals surface area (Å²) in [6.07, 6.45) is 0. The second-order valence-electron chi connectivity index (χ2n) is 4.09. The molecule has 0 spiro atoms. The van der Waals surface area contributed by atoms with Gasteiger partial charge < -0.3 is 5.32 Å². The van der Waals surface area contributed by atoms with Gasteiger partial charge >= 0.3 is 0 Å². The van der Waals surface area contributed by atoms with Gasteiger partial charge in [-0.1, -0.05) is 61.2 Å². The van der Waals surface area contributed by atoms with Gasteiger partial charge in [0.1, 0.15) is 0 Å². The fourth-order valence-corrected chi connectivity index (χ4v) is 2.26. The molecular weight excluding hydrogens is 270 g/mol. The van der Waals surface area contributed by atoms with Gasteiger partial charge in [-0.3, -0.25) is 9.59 Å². The Bertz CT molecular complexity index is 611. The Hall–Kier alpha value is -2.07. The molecule has 102 valence electrons. The Morgan fingerprint density at radius 2 is 1.65 bits per heavy atom. The van der Waals surface area contributed by atoms with Crippen LogP contribution in [0.5, 0.6) is 0 Å². The van der Waals surface area contributed by atoms with E-state index in [4.69, 9.17) is 0 Å². The van der Waals surface area contributed by atoms with E-state index in [-0.39, 0.29) is 11.0 Å². The highest BCUT2D eigenvalue weighted by Crippen LogP contribution is 2.20. The van der Waals surface area contributed by atoms with Crippen molar-refractivity contribution >= 4 is 28.5 Å². The predicted octanol–water partition coefficient (Wildman–Crippen LogP) is 4.20. The molecule has 0 aliphatic carbocycles. The zero-order valence-corrected chi connectivity index (χ0v) is 11.9. The third-order valence-electron chi connectivity index (χ3n) is 2.72. The number of nitrogens with one attached hydrogen (secondary N) is 1. The summed E-state index contributed by atoms with van der Waals surface area (Å²) >= 11 is 1.18. The first-order valence-corrected chi connectivity index (χ1v) is 7.33. The number of anilines is 1. The molecule has 0 saturated heterocycles. The SMILES string of the molecule is CCSC(=O)Nc1ccccc1C(=O)c1ccccc1. The van der Waals surface area contributed by atoms with E-state index in [2.05, 4.69) is 5.32 Å². The smallest absolute Gasteiger partial charge is 0.283 e. The average Bonchev–Trinajstić information content (AvgIpc) is 2.48. The molecule has 0 bridgehead atoms. The predicted molar refractivity (Wildman–Crippen MR) is 83.5 cm³/mol. The number of carbonyl (C=O) groups excluding carboxylic acids is 2. The van der Waals surface area contributed by atoms with Crippen LogP contribution in [-0.2, 0) is 0 Å². The monoisotopic (exact) mass is 285 g/mol. The molecule has 0 atom stereocenters. The molecule has 3 nitrogen and oxygen atoms in total. The zero-order valence-electron chi connectivity index (χ0n) is 11.1. The molecule has 2 rings (SSSR count). The highest BCUT2D eigenvalue weighted by Gasteiger charge is 2.14. The third-order valence-corrected chi connectivity index (χ3v) is 3.37. The van der Waals surface area contributed by atoms with Gasteiger partial charge in [0.15, 0.2) is 5.78 Å². The fourth-order valence-electron chi connectivity index (χ4n) is 1.81. The minimum Gasteiger partial charge on any atom is -0.316 e. The standard InChI is InChI=1S/C16H15NO2S/c1-2-20-16(19)17-14-11-7-6-10-13(14)15(18)12-8-4-3-5-9-12/h3-11H,2H2,1H3,(H,17,19). The quantitative estimate of drug-likeness (QED) is 0.856. The van der Waals surface area contributed by atoms with Crippen LogP contribution in [-0.4, -0.2) is 16.8 Å². The minimum atomic E-state index is -0.152. The van der Waals surface area contributed by atoms with Gasteiger partial charge in [0.25, 0.3) is 5.24 Å². The number of hydrogen-bond donors (Lipinski definition) is 1. The molecule has 1 amide bonds. The number of amides is 1. The first-order chi connectivity index (χ1) is 9.72. The Labute approximate surface area is 122 Å². The molecule has 0 aliphatic heterocycles. The molecule has 2 aromatic rings. The number of hydrogen-bond acceptors (Lipinski definition) is 3. The molecule has 1 N–H and O–H groups in total. The van der Waals surface area contributed by atoms with E-state index < -0.39 is 0 Å². The zero-order chi connectivity index (χ0) is 14.4. The van der Waals surface area contributed by atoms with E-state index in [9.17, 15) is 9.59 Å². The van der Waals surface area contributed by atoms with E-state index >= 15 is 0 Å². The number of para-hydroxylation sites is 1. The van der Waals surface area contributed by atoms with Crippen molar-refractivity contribution in [2.45, 2.75) is 6.92 Å². The molecule has 4 heteroatoms. The lowest BCUT2D eigenvalue weighted by atomic mass is 10.0. The summed E-state index contributed by atoms with van der Waals surface area (Å²) in [6.45, 7) is 1.91. The molecule has 0 radical (unpaired) electrons. The largest absolute Gasteiger partial charge is 0.316 e. The van der Waals surface area contributed by atoms with Gasteiger partial charge in [-0.15, -0.1) is 0 Å². The molecule has 0 fully saturated rings. The van der Waals surface area contributed by atoms with Crippen LogP contribution in [0.3, 0.4) is 0 Å². The number of benzene rings is 2. The van der Waals surface area contributed by atoms with E-state index in [1.54, 1.807) is 36.4 Å². The van der Waals surface area contributed by atoms with E-state index in [1.807, 2.05) is 25.1 Å². The van der Waals surface area contributed by atoms with Crippen molar-refractivity contribution in [1.82, 2.24) is 0 Å². The molecule has 0 saturated carbocycles. The molecule has 2 aromatic carbocycles. The second kappa shape index (κ2) is 6.91. The summed E-state index contributed by atoms with van der Waals surface area (Å²) in [5, 5.41) is 2.61. The highest BCUT2D eigenvalue weighted by molar-refractivity contribution is 8.13. The first-order valence-electron chi connectivity index (χ1n) is 6.35. The topological polar surface area (TPSA) is 46.2 Å². The number of carbonyl (C=O) groups is 2. The molecule has 0 heterocycles. The molecule has 0 aromatic heterocycles. The number of rotatable bonds is 4. The van der Waals surface area contributed by atoms with Gasteiger partial charge in [0.05, 0.1) is 5.69 Å². The van der Waals surface area contributed by atoms with Crippen LogP contribution in [0.15, 0.2) is 54.6 Å². The van der Waals surface area contributed by atoms with Crippen LogP contribution < -0.4 is 5.32 Å². The van der Waals surface area contributed by atoms with Crippen LogP contribution in [0.25, 0.3) is 0 Å². The molecule has 0 aliphatic rings. The van der Waals surface area contributed by atoms with Crippen molar-refractivity contribution in [3.63, 3.8) is 0 Å². The minimum absolute atomic E-state index is 0.0944. The van der Waals surface area contributed by atoms with Crippen LogP contribution in [0.1, 0.15) is 22.8 Å². The summed E-state index contributed by atoms with van der Waals surface area (Å²) in [5.74, 6) is 0.601. The molecular formula is C16H15NO2S. The van der Waals surface area contributed by atoms with E-state index in [1.165, 1.54) is 11.8 Å². The first kappa shape index (κ1) is 14.3. The normalized spacial score (nSPS) is 10.1. The fraction of sp³-hybridized carbons (Fsp3) is 0.125. The van der Waals surface area contributed by atoms with Crippen molar-refractivity contribution in [3.8, 4) is 0 Å². The summed E-state index contributed by atoms with van der Waals surface area (Å²) in [7, 11) is 0. The lowest BCUT2D eigenvalue weighted by molar-refractivity contribution is 0.103. The molecule has 0 unspecified atom stereocenters. The summed E-state index contributed by atoms with van der Waals surface area (Å²) in [5.41, 5.74) is 1.66. The van der Waals surface area contributed by atoms with Crippen LogP contribution in [0, 0.1) is 0 Å². The molecule has 20 heavy (non-hydrogen) atoms. The van der Waals surface area contributed by atoms with E-state index in [0.29, 0.717) is 22.6 Å². The van der Waals surface area contributed by atoms with Gasteiger partial charge in [-0.25, -0.2) is 0 Å². The number of ketones is 1. The lowest BCUT2D eigenvalue weighted by Crippen LogP contribution is -2.11. The Morgan fingerprint density at radius 3 is 2.35 bits per heavy atom. The van der Waals surface area contributed by atoms with Crippen molar-refractivity contribution < 1.29 is 9.59 Å². The average molecular weight is 285 g/mol. The maximum atomic E-state index is 12.4. The Morgan fingerprint density at radius 1 is 1.00 bits per heavy atom.